The number of fused-ring (bicyclic) bond motifs is 3. The van der Waals surface area contributed by atoms with E-state index in [2.05, 4.69) is 10.4 Å². The molecule has 0 radical (unpaired) electrons. The molecule has 0 saturated heterocycles. The summed E-state index contributed by atoms with van der Waals surface area (Å²) in [5.74, 6) is -0.716. The Morgan fingerprint density at radius 3 is 2.86 bits per heavy atom. The Hall–Kier alpha value is -3.69. The average molecular weight is 511 g/mol. The van der Waals surface area contributed by atoms with Crippen LogP contribution >= 0.6 is 22.9 Å². The lowest BCUT2D eigenvalue weighted by Crippen LogP contribution is -2.38. The molecule has 0 spiro atoms. The van der Waals surface area contributed by atoms with Gasteiger partial charge >= 0.3 is 0 Å². The molecule has 0 aliphatic carbocycles. The van der Waals surface area contributed by atoms with E-state index >= 15 is 0 Å². The van der Waals surface area contributed by atoms with Crippen molar-refractivity contribution in [3.8, 4) is 17.0 Å². The van der Waals surface area contributed by atoms with Crippen LogP contribution in [0.5, 0.6) is 5.75 Å². The van der Waals surface area contributed by atoms with E-state index < -0.39 is 17.6 Å². The van der Waals surface area contributed by atoms with Gasteiger partial charge in [0.25, 0.3) is 5.91 Å². The molecule has 2 aromatic carbocycles. The number of rotatable bonds is 6. The van der Waals surface area contributed by atoms with Gasteiger partial charge in [-0.25, -0.2) is 4.39 Å². The molecule has 1 N–H and O–H groups in total. The summed E-state index contributed by atoms with van der Waals surface area (Å²) >= 11 is 7.64. The quantitative estimate of drug-likeness (QED) is 0.391. The fourth-order valence-corrected chi connectivity index (χ4v) is 4.83. The molecule has 10 heteroatoms. The summed E-state index contributed by atoms with van der Waals surface area (Å²) < 4.78 is 21.9. The van der Waals surface area contributed by atoms with Gasteiger partial charge in [0.2, 0.25) is 5.91 Å². The highest BCUT2D eigenvalue weighted by Gasteiger charge is 2.32. The van der Waals surface area contributed by atoms with Crippen molar-refractivity contribution in [2.45, 2.75) is 13.2 Å². The van der Waals surface area contributed by atoms with E-state index in [9.17, 15) is 14.0 Å². The van der Waals surface area contributed by atoms with Gasteiger partial charge in [0, 0.05) is 40.7 Å². The zero-order chi connectivity index (χ0) is 24.5. The van der Waals surface area contributed by atoms with Crippen molar-refractivity contribution < 1.29 is 18.7 Å². The third kappa shape index (κ3) is 4.65. The van der Waals surface area contributed by atoms with E-state index in [1.807, 2.05) is 5.38 Å². The van der Waals surface area contributed by atoms with Gasteiger partial charge in [-0.1, -0.05) is 29.8 Å². The number of aromatic nitrogens is 2. The smallest absolute Gasteiger partial charge is 0.275 e. The van der Waals surface area contributed by atoms with Crippen molar-refractivity contribution >= 4 is 40.4 Å². The summed E-state index contributed by atoms with van der Waals surface area (Å²) in [4.78, 5) is 27.8. The number of benzene rings is 2. The zero-order valence-electron chi connectivity index (χ0n) is 18.6. The molecule has 178 valence electrons. The highest BCUT2D eigenvalue weighted by Crippen LogP contribution is 2.40. The Morgan fingerprint density at radius 1 is 1.26 bits per heavy atom. The number of ether oxygens (including phenoxy) is 1. The van der Waals surface area contributed by atoms with Gasteiger partial charge in [-0.15, -0.1) is 0 Å². The van der Waals surface area contributed by atoms with Crippen molar-refractivity contribution in [1.82, 2.24) is 14.7 Å². The molecule has 1 aliphatic rings. The Labute approximate surface area is 209 Å². The number of carbonyl (C=O) groups excluding carboxylic acids is 2. The van der Waals surface area contributed by atoms with Crippen LogP contribution in [0.4, 0.5) is 10.1 Å². The predicted molar refractivity (Wildman–Crippen MR) is 132 cm³/mol. The number of amides is 2. The van der Waals surface area contributed by atoms with Crippen molar-refractivity contribution in [1.29, 1.82) is 0 Å². The molecule has 2 aromatic heterocycles. The number of halogens is 2. The third-order valence-corrected chi connectivity index (χ3v) is 6.58. The molecule has 35 heavy (non-hydrogen) atoms. The van der Waals surface area contributed by atoms with Crippen molar-refractivity contribution in [3.05, 3.63) is 87.0 Å². The number of carbonyl (C=O) groups is 2. The van der Waals surface area contributed by atoms with Crippen molar-refractivity contribution in [2.24, 2.45) is 7.05 Å². The van der Waals surface area contributed by atoms with Gasteiger partial charge in [0.15, 0.2) is 5.69 Å². The minimum atomic E-state index is -0.500. The first-order chi connectivity index (χ1) is 16.9. The van der Waals surface area contributed by atoms with Crippen LogP contribution in [-0.2, 0) is 25.0 Å². The largest absolute Gasteiger partial charge is 0.488 e. The normalized spacial score (nSPS) is 11.9. The van der Waals surface area contributed by atoms with E-state index in [-0.39, 0.29) is 25.4 Å². The number of hydrogen-bond donors (Lipinski definition) is 1. The second-order valence-corrected chi connectivity index (χ2v) is 9.26. The van der Waals surface area contributed by atoms with E-state index in [4.69, 9.17) is 16.3 Å². The van der Waals surface area contributed by atoms with Crippen LogP contribution in [0.15, 0.2) is 59.3 Å². The Bertz CT molecular complexity index is 1420. The summed E-state index contributed by atoms with van der Waals surface area (Å²) in [6.45, 7) is -0.248. The fraction of sp³-hybridized carbons (Fsp3) is 0.160. The third-order valence-electron chi connectivity index (χ3n) is 5.66. The van der Waals surface area contributed by atoms with E-state index in [1.165, 1.54) is 22.3 Å². The summed E-state index contributed by atoms with van der Waals surface area (Å²) in [5.41, 5.74) is 3.10. The molecule has 4 aromatic rings. The van der Waals surface area contributed by atoms with E-state index in [0.717, 1.165) is 5.56 Å². The summed E-state index contributed by atoms with van der Waals surface area (Å²) in [5, 5.41) is 11.4. The van der Waals surface area contributed by atoms with Gasteiger partial charge in [-0.2, -0.15) is 16.4 Å². The standard InChI is InChI=1S/C25H20ClFN4O3S/c1-30-24-18-10-16(26)6-7-21(18)34-13-19(24)23(29-30)25(33)31(11-15-4-2-3-5-20(15)27)12-22(32)28-17-8-9-35-14-17/h2-10,14H,11-13H2,1H3,(H,28,32). The van der Waals surface area contributed by atoms with Gasteiger partial charge < -0.3 is 15.0 Å². The molecular weight excluding hydrogens is 491 g/mol. The summed E-state index contributed by atoms with van der Waals surface area (Å²) in [7, 11) is 1.73. The van der Waals surface area contributed by atoms with Crippen LogP contribution in [0.1, 0.15) is 21.6 Å². The first-order valence-corrected chi connectivity index (χ1v) is 12.1. The number of hydrogen-bond acceptors (Lipinski definition) is 5. The molecule has 1 aliphatic heterocycles. The first-order valence-electron chi connectivity index (χ1n) is 10.7. The molecule has 3 heterocycles. The Balaban J connectivity index is 1.49. The monoisotopic (exact) mass is 510 g/mol. The summed E-state index contributed by atoms with van der Waals surface area (Å²) in [6.07, 6.45) is 0. The highest BCUT2D eigenvalue weighted by molar-refractivity contribution is 7.08. The van der Waals surface area contributed by atoms with Gasteiger partial charge in [-0.3, -0.25) is 14.3 Å². The maximum atomic E-state index is 14.4. The average Bonchev–Trinajstić information content (AvgIpc) is 3.47. The van der Waals surface area contributed by atoms with Crippen molar-refractivity contribution in [3.63, 3.8) is 0 Å². The molecule has 2 amide bonds. The van der Waals surface area contributed by atoms with Gasteiger partial charge in [-0.05, 0) is 35.7 Å². The second-order valence-electron chi connectivity index (χ2n) is 8.04. The lowest BCUT2D eigenvalue weighted by molar-refractivity contribution is -0.117. The summed E-state index contributed by atoms with van der Waals surface area (Å²) in [6, 6.07) is 13.2. The number of nitrogens with one attached hydrogen (secondary N) is 1. The highest BCUT2D eigenvalue weighted by atomic mass is 35.5. The lowest BCUT2D eigenvalue weighted by Gasteiger charge is -2.23. The van der Waals surface area contributed by atoms with Crippen LogP contribution < -0.4 is 10.1 Å². The number of anilines is 1. The minimum absolute atomic E-state index is 0.100. The van der Waals surface area contributed by atoms with Gasteiger partial charge in [0.1, 0.15) is 24.7 Å². The van der Waals surface area contributed by atoms with Gasteiger partial charge in [0.05, 0.1) is 11.4 Å². The van der Waals surface area contributed by atoms with Crippen LogP contribution in [0.3, 0.4) is 0 Å². The van der Waals surface area contributed by atoms with Crippen molar-refractivity contribution in [2.75, 3.05) is 11.9 Å². The Morgan fingerprint density at radius 2 is 2.09 bits per heavy atom. The Kier molecular flexibility index (Phi) is 6.27. The lowest BCUT2D eigenvalue weighted by atomic mass is 10.0. The fourth-order valence-electron chi connectivity index (χ4n) is 4.07. The molecule has 0 atom stereocenters. The predicted octanol–water partition coefficient (Wildman–Crippen LogP) is 5.11. The van der Waals surface area contributed by atoms with Crippen LogP contribution in [-0.4, -0.2) is 33.0 Å². The first kappa shape index (κ1) is 23.1. The van der Waals surface area contributed by atoms with E-state index in [1.54, 1.807) is 59.6 Å². The van der Waals surface area contributed by atoms with Crippen LogP contribution in [0.2, 0.25) is 5.02 Å². The van der Waals surface area contributed by atoms with E-state index in [0.29, 0.717) is 33.3 Å². The number of thiophene rings is 1. The second kappa shape index (κ2) is 9.52. The van der Waals surface area contributed by atoms with Crippen LogP contribution in [0.25, 0.3) is 11.3 Å². The van der Waals surface area contributed by atoms with Crippen LogP contribution in [0, 0.1) is 5.82 Å². The molecule has 0 saturated carbocycles. The number of nitrogens with zero attached hydrogens (tertiary/aromatic N) is 3. The maximum absolute atomic E-state index is 14.4. The molecule has 0 fully saturated rings. The molecule has 0 bridgehead atoms. The molecular formula is C25H20ClFN4O3S. The zero-order valence-corrected chi connectivity index (χ0v) is 20.2. The minimum Gasteiger partial charge on any atom is -0.488 e. The molecule has 5 rings (SSSR count). The molecule has 0 unspecified atom stereocenters. The molecule has 7 nitrogen and oxygen atoms in total. The SMILES string of the molecule is Cn1nc(C(=O)N(CC(=O)Nc2ccsc2)Cc2ccccc2F)c2c1-c1cc(Cl)ccc1OC2. The number of aryl methyl sites for hydroxylation is 1. The topological polar surface area (TPSA) is 76.5 Å². The maximum Gasteiger partial charge on any atom is 0.275 e.